The van der Waals surface area contributed by atoms with Gasteiger partial charge >= 0.3 is 0 Å². The minimum Gasteiger partial charge on any atom is -0.378 e. The maximum absolute atomic E-state index is 12.1. The van der Waals surface area contributed by atoms with Crippen LogP contribution in [0.25, 0.3) is 5.69 Å². The van der Waals surface area contributed by atoms with E-state index in [2.05, 4.69) is 14.9 Å². The smallest absolute Gasteiger partial charge is 0.258 e. The molecule has 1 aliphatic rings. The van der Waals surface area contributed by atoms with Gasteiger partial charge in [0, 0.05) is 24.8 Å². The molecule has 0 unspecified atom stereocenters. The van der Waals surface area contributed by atoms with Gasteiger partial charge in [0.15, 0.2) is 0 Å². The molecule has 0 spiro atoms. The molecule has 0 bridgehead atoms. The summed E-state index contributed by atoms with van der Waals surface area (Å²) in [7, 11) is 0. The maximum atomic E-state index is 12.1. The first kappa shape index (κ1) is 13.8. The van der Waals surface area contributed by atoms with Crippen LogP contribution in [0.3, 0.4) is 0 Å². The molecule has 0 saturated carbocycles. The molecular formula is C15H18N4O2. The summed E-state index contributed by atoms with van der Waals surface area (Å²) >= 11 is 0. The highest BCUT2D eigenvalue weighted by Gasteiger charge is 2.13. The third-order valence-electron chi connectivity index (χ3n) is 3.54. The number of pyridine rings is 1. The average molecular weight is 286 g/mol. The Morgan fingerprint density at radius 1 is 1.19 bits per heavy atom. The van der Waals surface area contributed by atoms with Crippen molar-refractivity contribution in [3.8, 4) is 5.69 Å². The van der Waals surface area contributed by atoms with Gasteiger partial charge in [-0.3, -0.25) is 9.36 Å². The van der Waals surface area contributed by atoms with E-state index in [1.807, 2.05) is 26.0 Å². The molecule has 0 amide bonds. The molecule has 6 nitrogen and oxygen atoms in total. The summed E-state index contributed by atoms with van der Waals surface area (Å²) in [6.45, 7) is 6.78. The number of hydrogen-bond donors (Lipinski definition) is 0. The maximum Gasteiger partial charge on any atom is 0.258 e. The standard InChI is InChI=1S/C15H18N4O2/c1-11-9-15(20)19(12(2)17-11)13-3-4-14(16-10-13)18-5-7-21-8-6-18/h3-4,9-10H,5-8H2,1-2H3. The highest BCUT2D eigenvalue weighted by molar-refractivity contribution is 5.44. The molecule has 0 N–H and O–H groups in total. The fourth-order valence-corrected chi connectivity index (χ4v) is 2.54. The molecule has 2 aromatic rings. The van der Waals surface area contributed by atoms with Gasteiger partial charge in [-0.2, -0.15) is 0 Å². The first-order valence-electron chi connectivity index (χ1n) is 7.01. The molecule has 6 heteroatoms. The van der Waals surface area contributed by atoms with Gasteiger partial charge in [0.1, 0.15) is 11.6 Å². The molecule has 0 aromatic carbocycles. The summed E-state index contributed by atoms with van der Waals surface area (Å²) in [4.78, 5) is 23.1. The van der Waals surface area contributed by atoms with E-state index >= 15 is 0 Å². The molecule has 1 fully saturated rings. The second-order valence-corrected chi connectivity index (χ2v) is 5.09. The molecular weight excluding hydrogens is 268 g/mol. The van der Waals surface area contributed by atoms with Crippen molar-refractivity contribution in [1.82, 2.24) is 14.5 Å². The monoisotopic (exact) mass is 286 g/mol. The van der Waals surface area contributed by atoms with Crippen molar-refractivity contribution >= 4 is 5.82 Å². The Hall–Kier alpha value is -2.21. The minimum absolute atomic E-state index is 0.0825. The topological polar surface area (TPSA) is 60.2 Å². The van der Waals surface area contributed by atoms with Crippen LogP contribution in [0.1, 0.15) is 11.5 Å². The van der Waals surface area contributed by atoms with Crippen LogP contribution in [-0.4, -0.2) is 40.8 Å². The fraction of sp³-hybridized carbons (Fsp3) is 0.400. The van der Waals surface area contributed by atoms with Gasteiger partial charge < -0.3 is 9.64 Å². The lowest BCUT2D eigenvalue weighted by molar-refractivity contribution is 0.122. The minimum atomic E-state index is -0.0825. The van der Waals surface area contributed by atoms with E-state index in [4.69, 9.17) is 4.74 Å². The Morgan fingerprint density at radius 2 is 1.95 bits per heavy atom. The Balaban J connectivity index is 1.92. The van der Waals surface area contributed by atoms with E-state index in [0.717, 1.165) is 43.5 Å². The Bertz CT molecular complexity index is 688. The zero-order valence-electron chi connectivity index (χ0n) is 12.2. The molecule has 3 rings (SSSR count). The number of aromatic nitrogens is 3. The molecule has 0 atom stereocenters. The van der Waals surface area contributed by atoms with E-state index in [-0.39, 0.29) is 5.56 Å². The van der Waals surface area contributed by atoms with Crippen molar-refractivity contribution in [1.29, 1.82) is 0 Å². The molecule has 2 aromatic heterocycles. The molecule has 3 heterocycles. The number of ether oxygens (including phenoxy) is 1. The summed E-state index contributed by atoms with van der Waals surface area (Å²) in [5.74, 6) is 1.58. The van der Waals surface area contributed by atoms with Gasteiger partial charge in [-0.15, -0.1) is 0 Å². The normalized spacial score (nSPS) is 15.2. The van der Waals surface area contributed by atoms with E-state index in [1.165, 1.54) is 6.07 Å². The Labute approximate surface area is 123 Å². The van der Waals surface area contributed by atoms with Crippen LogP contribution in [0.5, 0.6) is 0 Å². The number of anilines is 1. The van der Waals surface area contributed by atoms with Crippen LogP contribution in [0.15, 0.2) is 29.2 Å². The summed E-state index contributed by atoms with van der Waals surface area (Å²) < 4.78 is 6.91. The highest BCUT2D eigenvalue weighted by atomic mass is 16.5. The zero-order valence-corrected chi connectivity index (χ0v) is 12.2. The third-order valence-corrected chi connectivity index (χ3v) is 3.54. The number of morpholine rings is 1. The quantitative estimate of drug-likeness (QED) is 0.827. The lowest BCUT2D eigenvalue weighted by atomic mass is 10.3. The number of nitrogens with zero attached hydrogens (tertiary/aromatic N) is 4. The van der Waals surface area contributed by atoms with Crippen molar-refractivity contribution in [2.24, 2.45) is 0 Å². The van der Waals surface area contributed by atoms with E-state index in [1.54, 1.807) is 10.8 Å². The molecule has 1 saturated heterocycles. The fourth-order valence-electron chi connectivity index (χ4n) is 2.54. The van der Waals surface area contributed by atoms with Crippen molar-refractivity contribution in [3.05, 3.63) is 46.3 Å². The van der Waals surface area contributed by atoms with E-state index in [9.17, 15) is 4.79 Å². The van der Waals surface area contributed by atoms with Crippen molar-refractivity contribution in [3.63, 3.8) is 0 Å². The van der Waals surface area contributed by atoms with Gasteiger partial charge in [0.25, 0.3) is 5.56 Å². The van der Waals surface area contributed by atoms with Crippen LogP contribution in [0, 0.1) is 13.8 Å². The van der Waals surface area contributed by atoms with E-state index in [0.29, 0.717) is 5.82 Å². The first-order valence-corrected chi connectivity index (χ1v) is 7.01. The SMILES string of the molecule is Cc1cc(=O)n(-c2ccc(N3CCOCC3)nc2)c(C)n1. The predicted molar refractivity (Wildman–Crippen MR) is 80.1 cm³/mol. The number of rotatable bonds is 2. The lowest BCUT2D eigenvalue weighted by Gasteiger charge is -2.27. The molecule has 0 radical (unpaired) electrons. The van der Waals surface area contributed by atoms with Crippen molar-refractivity contribution < 1.29 is 4.74 Å². The van der Waals surface area contributed by atoms with Gasteiger partial charge in [0.05, 0.1) is 25.1 Å². The third kappa shape index (κ3) is 2.80. The van der Waals surface area contributed by atoms with Crippen LogP contribution in [-0.2, 0) is 4.74 Å². The van der Waals surface area contributed by atoms with Gasteiger partial charge in [-0.1, -0.05) is 0 Å². The molecule has 110 valence electrons. The van der Waals surface area contributed by atoms with Gasteiger partial charge in [-0.25, -0.2) is 9.97 Å². The summed E-state index contributed by atoms with van der Waals surface area (Å²) in [5, 5.41) is 0. The van der Waals surface area contributed by atoms with Gasteiger partial charge in [-0.05, 0) is 26.0 Å². The van der Waals surface area contributed by atoms with Crippen molar-refractivity contribution in [2.45, 2.75) is 13.8 Å². The molecule has 1 aliphatic heterocycles. The van der Waals surface area contributed by atoms with Crippen LogP contribution < -0.4 is 10.5 Å². The van der Waals surface area contributed by atoms with Crippen molar-refractivity contribution in [2.75, 3.05) is 31.2 Å². The van der Waals surface area contributed by atoms with Crippen LogP contribution in [0.4, 0.5) is 5.82 Å². The number of hydrogen-bond acceptors (Lipinski definition) is 5. The largest absolute Gasteiger partial charge is 0.378 e. The zero-order chi connectivity index (χ0) is 14.8. The molecule has 21 heavy (non-hydrogen) atoms. The predicted octanol–water partition coefficient (Wildman–Crippen LogP) is 1.08. The summed E-state index contributed by atoms with van der Waals surface area (Å²) in [6.07, 6.45) is 1.72. The first-order chi connectivity index (χ1) is 10.1. The van der Waals surface area contributed by atoms with Gasteiger partial charge in [0.2, 0.25) is 0 Å². The van der Waals surface area contributed by atoms with E-state index < -0.39 is 0 Å². The Morgan fingerprint density at radius 3 is 2.57 bits per heavy atom. The second-order valence-electron chi connectivity index (χ2n) is 5.09. The van der Waals surface area contributed by atoms with Crippen LogP contribution in [0.2, 0.25) is 0 Å². The second kappa shape index (κ2) is 5.65. The lowest BCUT2D eigenvalue weighted by Crippen LogP contribution is -2.36. The summed E-state index contributed by atoms with van der Waals surface area (Å²) in [6, 6.07) is 5.37. The molecule has 0 aliphatic carbocycles. The highest BCUT2D eigenvalue weighted by Crippen LogP contribution is 2.15. The Kier molecular flexibility index (Phi) is 3.70. The number of aryl methyl sites for hydroxylation is 2. The average Bonchev–Trinajstić information content (AvgIpc) is 2.48. The summed E-state index contributed by atoms with van der Waals surface area (Å²) in [5.41, 5.74) is 1.38. The van der Waals surface area contributed by atoms with Crippen LogP contribution >= 0.6 is 0 Å².